The summed E-state index contributed by atoms with van der Waals surface area (Å²) in [6.07, 6.45) is -0.537. The number of ketones is 2. The molecular formula is C25H33FO6. The maximum absolute atomic E-state index is 17.3. The number of aliphatic hydroxyl groups is 2. The number of rotatable bonds is 4. The highest BCUT2D eigenvalue weighted by Crippen LogP contribution is 2.71. The first-order valence-electron chi connectivity index (χ1n) is 13.5. The number of hydrogen-bond acceptors (Lipinski definition) is 6. The summed E-state index contributed by atoms with van der Waals surface area (Å²) in [5.41, 5.74) is -6.54. The molecule has 4 aliphatic carbocycles. The summed E-state index contributed by atoms with van der Waals surface area (Å²) in [5, 5.41) is 21.3. The van der Waals surface area contributed by atoms with Gasteiger partial charge in [0.15, 0.2) is 17.1 Å². The van der Waals surface area contributed by atoms with Gasteiger partial charge in [-0.05, 0) is 50.7 Å². The zero-order chi connectivity index (χ0) is 28.0. The number of allylic oxidation sites excluding steroid dienone is 4. The van der Waals surface area contributed by atoms with Gasteiger partial charge in [0.25, 0.3) is 0 Å². The van der Waals surface area contributed by atoms with Crippen molar-refractivity contribution >= 4 is 17.5 Å². The average Bonchev–Trinajstić information content (AvgIpc) is 3.01. The number of carbonyl (C=O) groups is 3. The van der Waals surface area contributed by atoms with E-state index in [2.05, 4.69) is 0 Å². The fraction of sp³-hybridized carbons (Fsp3) is 0.720. The van der Waals surface area contributed by atoms with Gasteiger partial charge in [-0.1, -0.05) is 32.3 Å². The normalized spacial score (nSPS) is 50.4. The SMILES string of the molecule is [2H]C([2H])([2H])C([2H])([2H])C(=O)O[C@]1(C(=O)CO)[C@@H](C)C[C@H]2[C@@H]3CCC4=CC(=O)C=C[C@]4(C)C3(F)[C@@H](O)C[C@@]21C. The smallest absolute Gasteiger partial charge is 0.306 e. The first kappa shape index (κ1) is 17.6. The van der Waals surface area contributed by atoms with Crippen LogP contribution in [0.3, 0.4) is 0 Å². The highest BCUT2D eigenvalue weighted by molar-refractivity contribution is 6.01. The van der Waals surface area contributed by atoms with Gasteiger partial charge in [-0.15, -0.1) is 0 Å². The first-order chi connectivity index (χ1) is 16.8. The topological polar surface area (TPSA) is 101 Å². The molecule has 3 saturated carbocycles. The zero-order valence-electron chi connectivity index (χ0n) is 23.5. The molecule has 4 aliphatic rings. The van der Waals surface area contributed by atoms with Crippen molar-refractivity contribution in [3.63, 3.8) is 0 Å². The van der Waals surface area contributed by atoms with Crippen LogP contribution in [-0.2, 0) is 19.1 Å². The third-order valence-corrected chi connectivity index (χ3v) is 9.09. The first-order valence-corrected chi connectivity index (χ1v) is 11.0. The van der Waals surface area contributed by atoms with Gasteiger partial charge in [0.2, 0.25) is 5.78 Å². The van der Waals surface area contributed by atoms with Crippen LogP contribution in [0.2, 0.25) is 0 Å². The van der Waals surface area contributed by atoms with Crippen LogP contribution in [0.4, 0.5) is 4.39 Å². The van der Waals surface area contributed by atoms with E-state index in [-0.39, 0.29) is 25.0 Å². The Labute approximate surface area is 194 Å². The van der Waals surface area contributed by atoms with Crippen LogP contribution in [-0.4, -0.2) is 51.7 Å². The van der Waals surface area contributed by atoms with Gasteiger partial charge in [-0.2, -0.15) is 0 Å². The molecule has 0 bridgehead atoms. The summed E-state index contributed by atoms with van der Waals surface area (Å²) >= 11 is 0. The van der Waals surface area contributed by atoms with Gasteiger partial charge in [-0.3, -0.25) is 14.4 Å². The Kier molecular flexibility index (Phi) is 4.03. The molecule has 0 aliphatic heterocycles. The fourth-order valence-corrected chi connectivity index (χ4v) is 7.69. The van der Waals surface area contributed by atoms with Gasteiger partial charge in [-0.25, -0.2) is 4.39 Å². The number of hydrogen-bond donors (Lipinski definition) is 2. The largest absolute Gasteiger partial charge is 0.450 e. The van der Waals surface area contributed by atoms with E-state index in [1.54, 1.807) is 20.8 Å². The molecule has 0 aromatic heterocycles. The molecule has 7 heteroatoms. The zero-order valence-corrected chi connectivity index (χ0v) is 18.5. The van der Waals surface area contributed by atoms with E-state index in [1.807, 2.05) is 0 Å². The van der Waals surface area contributed by atoms with Gasteiger partial charge >= 0.3 is 5.97 Å². The van der Waals surface area contributed by atoms with Gasteiger partial charge < -0.3 is 14.9 Å². The lowest BCUT2D eigenvalue weighted by molar-refractivity contribution is -0.228. The Balaban J connectivity index is 1.84. The maximum atomic E-state index is 17.3. The van der Waals surface area contributed by atoms with E-state index in [0.29, 0.717) is 12.0 Å². The third-order valence-electron chi connectivity index (χ3n) is 9.09. The van der Waals surface area contributed by atoms with E-state index in [9.17, 15) is 24.6 Å². The predicted molar refractivity (Wildman–Crippen MR) is 114 cm³/mol. The molecule has 0 aromatic carbocycles. The van der Waals surface area contributed by atoms with Crippen molar-refractivity contribution < 1.29 is 40.6 Å². The van der Waals surface area contributed by atoms with Crippen LogP contribution in [0.15, 0.2) is 23.8 Å². The van der Waals surface area contributed by atoms with E-state index < -0.39 is 77.5 Å². The van der Waals surface area contributed by atoms with Crippen LogP contribution in [0, 0.1) is 28.6 Å². The van der Waals surface area contributed by atoms with Crippen molar-refractivity contribution in [1.29, 1.82) is 0 Å². The summed E-state index contributed by atoms with van der Waals surface area (Å²) in [5.74, 6) is -5.28. The van der Waals surface area contributed by atoms with E-state index in [0.717, 1.165) is 0 Å². The number of carbonyl (C=O) groups excluding carboxylic acids is 3. The Hall–Kier alpha value is -1.86. The molecule has 0 aromatic rings. The van der Waals surface area contributed by atoms with E-state index in [4.69, 9.17) is 11.6 Å². The predicted octanol–water partition coefficient (Wildman–Crippen LogP) is 2.86. The number of halogens is 1. The molecule has 0 amide bonds. The minimum absolute atomic E-state index is 0.160. The van der Waals surface area contributed by atoms with E-state index >= 15 is 4.39 Å². The van der Waals surface area contributed by atoms with Gasteiger partial charge in [0.1, 0.15) is 6.61 Å². The van der Waals surface area contributed by atoms with Gasteiger partial charge in [0, 0.05) is 35.9 Å². The minimum atomic E-state index is -3.45. The number of ether oxygens (including phenoxy) is 1. The van der Waals surface area contributed by atoms with E-state index in [1.165, 1.54) is 18.2 Å². The molecule has 0 heterocycles. The van der Waals surface area contributed by atoms with Crippen LogP contribution in [0.5, 0.6) is 0 Å². The molecule has 3 fully saturated rings. The standard InChI is InChI=1S/C25H33FO6/c1-5-21(31)32-25(20(30)13-27)14(2)10-18-17-7-6-15-11-16(28)8-9-22(15,3)24(17,26)19(29)12-23(18,25)4/h8-9,11,14,17-19,27,29H,5-7,10,12-13H2,1-4H3/t14-,17-,18-,19-,22-,23-,24?,25-/m0/s1/i1D3,5D2. The van der Waals surface area contributed by atoms with Crippen molar-refractivity contribution in [2.45, 2.75) is 77.1 Å². The molecule has 6 nitrogen and oxygen atoms in total. The number of Topliss-reactive ketones (excluding diaryl/α,β-unsaturated/α-hetero) is 1. The summed E-state index contributed by atoms with van der Waals surface area (Å²) in [6.45, 7) is 0.296. The monoisotopic (exact) mass is 453 g/mol. The number of fused-ring (bicyclic) bond motifs is 5. The number of alkyl halides is 1. The Morgan fingerprint density at radius 3 is 2.75 bits per heavy atom. The van der Waals surface area contributed by atoms with Crippen LogP contribution < -0.4 is 0 Å². The number of aliphatic hydroxyl groups excluding tert-OH is 2. The van der Waals surface area contributed by atoms with Crippen molar-refractivity contribution in [2.24, 2.45) is 28.6 Å². The molecule has 32 heavy (non-hydrogen) atoms. The molecule has 0 spiro atoms. The second-order valence-electron chi connectivity index (χ2n) is 10.2. The average molecular weight is 454 g/mol. The Morgan fingerprint density at radius 1 is 1.38 bits per heavy atom. The summed E-state index contributed by atoms with van der Waals surface area (Å²) in [7, 11) is 0. The lowest BCUT2D eigenvalue weighted by atomic mass is 9.44. The van der Waals surface area contributed by atoms with Crippen molar-refractivity contribution in [1.82, 2.24) is 0 Å². The third kappa shape index (κ3) is 2.61. The van der Waals surface area contributed by atoms with Crippen molar-refractivity contribution in [3.05, 3.63) is 23.8 Å². The summed E-state index contributed by atoms with van der Waals surface area (Å²) < 4.78 is 60.9. The van der Waals surface area contributed by atoms with Crippen molar-refractivity contribution in [3.8, 4) is 0 Å². The van der Waals surface area contributed by atoms with Crippen LogP contribution in [0.25, 0.3) is 0 Å². The summed E-state index contributed by atoms with van der Waals surface area (Å²) in [4.78, 5) is 38.3. The quantitative estimate of drug-likeness (QED) is 0.635. The molecule has 1 unspecified atom stereocenters. The maximum Gasteiger partial charge on any atom is 0.306 e. The van der Waals surface area contributed by atoms with Crippen LogP contribution in [0.1, 0.15) is 66.5 Å². The molecule has 0 saturated heterocycles. The molecular weight excluding hydrogens is 415 g/mol. The highest BCUT2D eigenvalue weighted by atomic mass is 19.1. The van der Waals surface area contributed by atoms with Crippen LogP contribution >= 0.6 is 0 Å². The van der Waals surface area contributed by atoms with Gasteiger partial charge in [0.05, 0.1) is 6.10 Å². The Bertz CT molecular complexity index is 1100. The highest BCUT2D eigenvalue weighted by Gasteiger charge is 2.77. The summed E-state index contributed by atoms with van der Waals surface area (Å²) in [6, 6.07) is 0. The second-order valence-corrected chi connectivity index (χ2v) is 10.2. The lowest BCUT2D eigenvalue weighted by Crippen LogP contribution is -2.70. The molecule has 176 valence electrons. The minimum Gasteiger partial charge on any atom is -0.450 e. The molecule has 2 N–H and O–H groups in total. The molecule has 0 radical (unpaired) electrons. The number of esters is 1. The fourth-order valence-electron chi connectivity index (χ4n) is 7.69. The van der Waals surface area contributed by atoms with Crippen molar-refractivity contribution in [2.75, 3.05) is 6.61 Å². The lowest BCUT2D eigenvalue weighted by Gasteiger charge is -2.62. The molecule has 4 rings (SSSR count). The second kappa shape index (κ2) is 7.32. The Morgan fingerprint density at radius 2 is 2.09 bits per heavy atom. The molecule has 8 atom stereocenters.